The lowest BCUT2D eigenvalue weighted by atomic mass is 10.1. The van der Waals surface area contributed by atoms with Crippen LogP contribution in [0.4, 0.5) is 13.2 Å². The number of alkyl halides is 3. The van der Waals surface area contributed by atoms with Gasteiger partial charge in [0.2, 0.25) is 0 Å². The molecule has 1 aromatic carbocycles. The van der Waals surface area contributed by atoms with Crippen molar-refractivity contribution in [2.45, 2.75) is 13.1 Å². The molecule has 0 unspecified atom stereocenters. The van der Waals surface area contributed by atoms with Gasteiger partial charge in [-0.1, -0.05) is 23.8 Å². The van der Waals surface area contributed by atoms with Crippen molar-refractivity contribution in [3.05, 3.63) is 41.0 Å². The number of hydrogen-bond donors (Lipinski definition) is 1. The van der Waals surface area contributed by atoms with Crippen LogP contribution < -0.4 is 5.32 Å². The zero-order chi connectivity index (χ0) is 14.3. The summed E-state index contributed by atoms with van der Waals surface area (Å²) in [5.74, 6) is 0. The van der Waals surface area contributed by atoms with Gasteiger partial charge in [0, 0.05) is 20.2 Å². The van der Waals surface area contributed by atoms with Gasteiger partial charge in [0.25, 0.3) is 0 Å². The minimum Gasteiger partial charge on any atom is -0.383 e. The van der Waals surface area contributed by atoms with E-state index in [4.69, 9.17) is 4.74 Å². The molecule has 0 amide bonds. The van der Waals surface area contributed by atoms with E-state index in [1.165, 1.54) is 12.1 Å². The SMILES string of the molecule is COCCNCC(C)=Cc1ccc(C(F)(F)F)cc1. The van der Waals surface area contributed by atoms with Crippen LogP contribution in [0, 0.1) is 0 Å². The van der Waals surface area contributed by atoms with Crippen LogP contribution in [0.2, 0.25) is 0 Å². The number of methoxy groups -OCH3 is 1. The zero-order valence-corrected chi connectivity index (χ0v) is 11.1. The Hall–Kier alpha value is -1.33. The Bertz CT molecular complexity index is 410. The lowest BCUT2D eigenvalue weighted by molar-refractivity contribution is -0.137. The summed E-state index contributed by atoms with van der Waals surface area (Å²) in [6.07, 6.45) is -2.42. The molecule has 1 rings (SSSR count). The first-order valence-electron chi connectivity index (χ1n) is 5.97. The molecule has 0 heterocycles. The van der Waals surface area contributed by atoms with Gasteiger partial charge in [-0.15, -0.1) is 0 Å². The predicted octanol–water partition coefficient (Wildman–Crippen LogP) is 3.34. The first-order valence-corrected chi connectivity index (χ1v) is 5.97. The first kappa shape index (κ1) is 15.7. The Morgan fingerprint density at radius 1 is 1.26 bits per heavy atom. The topological polar surface area (TPSA) is 21.3 Å². The van der Waals surface area contributed by atoms with Crippen molar-refractivity contribution in [1.29, 1.82) is 0 Å². The molecule has 0 bridgehead atoms. The van der Waals surface area contributed by atoms with Gasteiger partial charge in [0.05, 0.1) is 12.2 Å². The van der Waals surface area contributed by atoms with Crippen LogP contribution in [0.3, 0.4) is 0 Å². The van der Waals surface area contributed by atoms with E-state index in [9.17, 15) is 13.2 Å². The predicted molar refractivity (Wildman–Crippen MR) is 69.8 cm³/mol. The van der Waals surface area contributed by atoms with Crippen LogP contribution >= 0.6 is 0 Å². The number of rotatable bonds is 6. The van der Waals surface area contributed by atoms with Crippen LogP contribution in [0.25, 0.3) is 6.08 Å². The first-order chi connectivity index (χ1) is 8.93. The molecular formula is C14H18F3NO. The maximum Gasteiger partial charge on any atom is 0.416 e. The van der Waals surface area contributed by atoms with Crippen LogP contribution in [0.1, 0.15) is 18.1 Å². The number of halogens is 3. The molecule has 2 nitrogen and oxygen atoms in total. The third-order valence-corrected chi connectivity index (χ3v) is 2.54. The average Bonchev–Trinajstić information content (AvgIpc) is 2.34. The molecule has 1 N–H and O–H groups in total. The fraction of sp³-hybridized carbons (Fsp3) is 0.429. The minimum absolute atomic E-state index is 0.625. The Kier molecular flexibility index (Phi) is 6.05. The molecule has 0 fully saturated rings. The third-order valence-electron chi connectivity index (χ3n) is 2.54. The van der Waals surface area contributed by atoms with Crippen LogP contribution in [0.5, 0.6) is 0 Å². The molecule has 19 heavy (non-hydrogen) atoms. The van der Waals surface area contributed by atoms with Crippen molar-refractivity contribution in [2.24, 2.45) is 0 Å². The van der Waals surface area contributed by atoms with Crippen molar-refractivity contribution in [3.63, 3.8) is 0 Å². The summed E-state index contributed by atoms with van der Waals surface area (Å²) in [6.45, 7) is 3.99. The zero-order valence-electron chi connectivity index (χ0n) is 11.1. The van der Waals surface area contributed by atoms with Gasteiger partial charge in [-0.2, -0.15) is 13.2 Å². The highest BCUT2D eigenvalue weighted by Gasteiger charge is 2.29. The molecule has 0 saturated heterocycles. The van der Waals surface area contributed by atoms with E-state index in [0.717, 1.165) is 29.8 Å². The summed E-state index contributed by atoms with van der Waals surface area (Å²) in [5.41, 5.74) is 1.19. The molecular weight excluding hydrogens is 255 g/mol. The average molecular weight is 273 g/mol. The summed E-state index contributed by atoms with van der Waals surface area (Å²) < 4.78 is 42.1. The Labute approximate surface area is 111 Å². The van der Waals surface area contributed by atoms with E-state index >= 15 is 0 Å². The van der Waals surface area contributed by atoms with Gasteiger partial charge in [0.1, 0.15) is 0 Å². The van der Waals surface area contributed by atoms with Crippen molar-refractivity contribution in [3.8, 4) is 0 Å². The standard InChI is InChI=1S/C14H18F3NO/c1-11(10-18-7-8-19-2)9-12-3-5-13(6-4-12)14(15,16)17/h3-6,9,18H,7-8,10H2,1-2H3. The van der Waals surface area contributed by atoms with Gasteiger partial charge in [-0.25, -0.2) is 0 Å². The third kappa shape index (κ3) is 5.89. The van der Waals surface area contributed by atoms with E-state index < -0.39 is 11.7 Å². The highest BCUT2D eigenvalue weighted by atomic mass is 19.4. The highest BCUT2D eigenvalue weighted by Crippen LogP contribution is 2.29. The summed E-state index contributed by atoms with van der Waals surface area (Å²) in [4.78, 5) is 0. The van der Waals surface area contributed by atoms with Gasteiger partial charge >= 0.3 is 6.18 Å². The number of ether oxygens (including phenoxy) is 1. The minimum atomic E-state index is -4.28. The fourth-order valence-electron chi connectivity index (χ4n) is 1.56. The molecule has 106 valence electrons. The van der Waals surface area contributed by atoms with E-state index in [-0.39, 0.29) is 0 Å². The normalized spacial score (nSPS) is 12.8. The molecule has 0 saturated carbocycles. The summed E-state index contributed by atoms with van der Waals surface area (Å²) in [7, 11) is 1.63. The molecule has 1 aromatic rings. The molecule has 0 aromatic heterocycles. The smallest absolute Gasteiger partial charge is 0.383 e. The second kappa shape index (κ2) is 7.31. The van der Waals surface area contributed by atoms with Gasteiger partial charge in [-0.3, -0.25) is 0 Å². The maximum absolute atomic E-state index is 12.4. The second-order valence-electron chi connectivity index (χ2n) is 4.28. The summed E-state index contributed by atoms with van der Waals surface area (Å²) >= 11 is 0. The number of hydrogen-bond acceptors (Lipinski definition) is 2. The molecule has 0 aliphatic heterocycles. The number of nitrogens with one attached hydrogen (secondary N) is 1. The Balaban J connectivity index is 2.56. The van der Waals surface area contributed by atoms with Crippen molar-refractivity contribution >= 4 is 6.08 Å². The van der Waals surface area contributed by atoms with Gasteiger partial charge in [-0.05, 0) is 24.6 Å². The van der Waals surface area contributed by atoms with Gasteiger partial charge in [0.15, 0.2) is 0 Å². The molecule has 0 atom stereocenters. The van der Waals surface area contributed by atoms with E-state index in [1.54, 1.807) is 7.11 Å². The van der Waals surface area contributed by atoms with E-state index in [1.807, 2.05) is 13.0 Å². The Morgan fingerprint density at radius 3 is 2.42 bits per heavy atom. The Morgan fingerprint density at radius 2 is 1.89 bits per heavy atom. The van der Waals surface area contributed by atoms with Crippen molar-refractivity contribution < 1.29 is 17.9 Å². The van der Waals surface area contributed by atoms with Crippen molar-refractivity contribution in [1.82, 2.24) is 5.32 Å². The van der Waals surface area contributed by atoms with Crippen LogP contribution in [-0.4, -0.2) is 26.8 Å². The quantitative estimate of drug-likeness (QED) is 0.803. The summed E-state index contributed by atoms with van der Waals surface area (Å²) in [6, 6.07) is 5.14. The lowest BCUT2D eigenvalue weighted by Crippen LogP contribution is -2.20. The molecule has 0 aliphatic carbocycles. The molecule has 0 radical (unpaired) electrons. The monoisotopic (exact) mass is 273 g/mol. The molecule has 0 spiro atoms. The highest BCUT2D eigenvalue weighted by molar-refractivity contribution is 5.53. The molecule has 5 heteroatoms. The lowest BCUT2D eigenvalue weighted by Gasteiger charge is -2.07. The van der Waals surface area contributed by atoms with E-state index in [2.05, 4.69) is 5.32 Å². The van der Waals surface area contributed by atoms with Crippen molar-refractivity contribution in [2.75, 3.05) is 26.8 Å². The largest absolute Gasteiger partial charge is 0.416 e. The van der Waals surface area contributed by atoms with Gasteiger partial charge < -0.3 is 10.1 Å². The summed E-state index contributed by atoms with van der Waals surface area (Å²) in [5, 5.41) is 3.17. The number of benzene rings is 1. The second-order valence-corrected chi connectivity index (χ2v) is 4.28. The van der Waals surface area contributed by atoms with Crippen LogP contribution in [-0.2, 0) is 10.9 Å². The fourth-order valence-corrected chi connectivity index (χ4v) is 1.56. The van der Waals surface area contributed by atoms with E-state index in [0.29, 0.717) is 13.2 Å². The maximum atomic E-state index is 12.4. The molecule has 0 aliphatic rings. The van der Waals surface area contributed by atoms with Crippen LogP contribution in [0.15, 0.2) is 29.8 Å².